The van der Waals surface area contributed by atoms with Crippen molar-refractivity contribution in [1.82, 2.24) is 20.2 Å². The van der Waals surface area contributed by atoms with Gasteiger partial charge in [-0.15, -0.1) is 0 Å². The number of hydrogen-bond donors (Lipinski definition) is 2. The third-order valence-electron chi connectivity index (χ3n) is 2.64. The van der Waals surface area contributed by atoms with E-state index in [2.05, 4.69) is 20.2 Å². The second-order valence-corrected chi connectivity index (χ2v) is 4.65. The summed E-state index contributed by atoms with van der Waals surface area (Å²) in [6, 6.07) is 0. The average molecular weight is 284 g/mol. The lowest BCUT2D eigenvalue weighted by atomic mass is 10.3. The molecule has 0 aliphatic carbocycles. The molecule has 0 amide bonds. The second-order valence-electron chi connectivity index (χ2n) is 4.24. The SMILES string of the molecule is CCOCCCNC(=S)NCCCCn1ccnc1. The Bertz CT molecular complexity index is 329. The van der Waals surface area contributed by atoms with Gasteiger partial charge in [-0.3, -0.25) is 0 Å². The maximum absolute atomic E-state index is 5.25. The van der Waals surface area contributed by atoms with Gasteiger partial charge < -0.3 is 19.9 Å². The van der Waals surface area contributed by atoms with Crippen LogP contribution < -0.4 is 10.6 Å². The molecule has 1 aromatic rings. The molecule has 108 valence electrons. The molecular formula is C13H24N4OS. The van der Waals surface area contributed by atoms with Crippen LogP contribution in [0.2, 0.25) is 0 Å². The molecule has 5 nitrogen and oxygen atoms in total. The van der Waals surface area contributed by atoms with Gasteiger partial charge in [0.15, 0.2) is 5.11 Å². The minimum absolute atomic E-state index is 0.735. The number of hydrogen-bond acceptors (Lipinski definition) is 3. The van der Waals surface area contributed by atoms with Gasteiger partial charge in [0.05, 0.1) is 6.33 Å². The molecule has 19 heavy (non-hydrogen) atoms. The second kappa shape index (κ2) is 10.8. The van der Waals surface area contributed by atoms with Gasteiger partial charge in [0.1, 0.15) is 0 Å². The van der Waals surface area contributed by atoms with Crippen LogP contribution in [0.1, 0.15) is 26.2 Å². The molecule has 0 radical (unpaired) electrons. The van der Waals surface area contributed by atoms with Gasteiger partial charge in [0.2, 0.25) is 0 Å². The molecule has 0 aliphatic rings. The van der Waals surface area contributed by atoms with Gasteiger partial charge in [0.25, 0.3) is 0 Å². The molecule has 0 saturated heterocycles. The largest absolute Gasteiger partial charge is 0.382 e. The first kappa shape index (κ1) is 15.9. The number of nitrogens with one attached hydrogen (secondary N) is 2. The molecule has 0 fully saturated rings. The van der Waals surface area contributed by atoms with Crippen LogP contribution in [-0.4, -0.2) is 41.0 Å². The van der Waals surface area contributed by atoms with Crippen LogP contribution in [-0.2, 0) is 11.3 Å². The van der Waals surface area contributed by atoms with Crippen molar-refractivity contribution < 1.29 is 4.74 Å². The van der Waals surface area contributed by atoms with E-state index in [9.17, 15) is 0 Å². The molecule has 0 bridgehead atoms. The molecule has 0 atom stereocenters. The van der Waals surface area contributed by atoms with Crippen molar-refractivity contribution in [2.45, 2.75) is 32.7 Å². The van der Waals surface area contributed by atoms with E-state index >= 15 is 0 Å². The van der Waals surface area contributed by atoms with E-state index in [1.54, 1.807) is 6.20 Å². The van der Waals surface area contributed by atoms with Crippen LogP contribution in [0.15, 0.2) is 18.7 Å². The Labute approximate surface area is 120 Å². The monoisotopic (exact) mass is 284 g/mol. The smallest absolute Gasteiger partial charge is 0.166 e. The van der Waals surface area contributed by atoms with Crippen molar-refractivity contribution >= 4 is 17.3 Å². The van der Waals surface area contributed by atoms with E-state index in [1.165, 1.54) is 0 Å². The summed E-state index contributed by atoms with van der Waals surface area (Å²) in [5.41, 5.74) is 0. The summed E-state index contributed by atoms with van der Waals surface area (Å²) in [5, 5.41) is 7.11. The van der Waals surface area contributed by atoms with E-state index in [-0.39, 0.29) is 0 Å². The summed E-state index contributed by atoms with van der Waals surface area (Å²) in [4.78, 5) is 4.01. The van der Waals surface area contributed by atoms with Crippen molar-refractivity contribution in [2.75, 3.05) is 26.3 Å². The van der Waals surface area contributed by atoms with Crippen LogP contribution in [0, 0.1) is 0 Å². The average Bonchev–Trinajstić information content (AvgIpc) is 2.91. The number of nitrogens with zero attached hydrogens (tertiary/aromatic N) is 2. The normalized spacial score (nSPS) is 10.4. The lowest BCUT2D eigenvalue weighted by molar-refractivity contribution is 0.145. The molecular weight excluding hydrogens is 260 g/mol. The molecule has 0 spiro atoms. The quantitative estimate of drug-likeness (QED) is 0.504. The Kier molecular flexibility index (Phi) is 9.01. The number of aryl methyl sites for hydroxylation is 1. The number of ether oxygens (including phenoxy) is 1. The zero-order valence-electron chi connectivity index (χ0n) is 11.6. The third kappa shape index (κ3) is 8.56. The first-order valence-corrected chi connectivity index (χ1v) is 7.29. The van der Waals surface area contributed by atoms with E-state index < -0.39 is 0 Å². The van der Waals surface area contributed by atoms with E-state index in [4.69, 9.17) is 17.0 Å². The zero-order chi connectivity index (χ0) is 13.8. The maximum atomic E-state index is 5.25. The van der Waals surface area contributed by atoms with Crippen LogP contribution in [0.4, 0.5) is 0 Å². The van der Waals surface area contributed by atoms with Crippen molar-refractivity contribution in [3.8, 4) is 0 Å². The van der Waals surface area contributed by atoms with Crippen molar-refractivity contribution in [1.29, 1.82) is 0 Å². The Morgan fingerprint density at radius 2 is 2.05 bits per heavy atom. The Morgan fingerprint density at radius 1 is 1.26 bits per heavy atom. The molecule has 2 N–H and O–H groups in total. The molecule has 0 aromatic carbocycles. The van der Waals surface area contributed by atoms with Crippen LogP contribution in [0.3, 0.4) is 0 Å². The number of rotatable bonds is 10. The number of unbranched alkanes of at least 4 members (excludes halogenated alkanes) is 1. The van der Waals surface area contributed by atoms with Crippen LogP contribution >= 0.6 is 12.2 Å². The molecule has 0 aliphatic heterocycles. The fraction of sp³-hybridized carbons (Fsp3) is 0.692. The van der Waals surface area contributed by atoms with Crippen LogP contribution in [0.5, 0.6) is 0 Å². The summed E-state index contributed by atoms with van der Waals surface area (Å²) in [6.07, 6.45) is 8.83. The summed E-state index contributed by atoms with van der Waals surface area (Å²) in [6.45, 7) is 6.35. The number of aromatic nitrogens is 2. The minimum atomic E-state index is 0.735. The maximum Gasteiger partial charge on any atom is 0.166 e. The molecule has 0 unspecified atom stereocenters. The number of thiocarbonyl (C=S) groups is 1. The molecule has 6 heteroatoms. The predicted octanol–water partition coefficient (Wildman–Crippen LogP) is 1.55. The fourth-order valence-corrected chi connectivity index (χ4v) is 1.83. The highest BCUT2D eigenvalue weighted by Crippen LogP contribution is 1.93. The fourth-order valence-electron chi connectivity index (χ4n) is 1.62. The van der Waals surface area contributed by atoms with E-state index in [0.29, 0.717) is 0 Å². The lowest BCUT2D eigenvalue weighted by Crippen LogP contribution is -2.36. The van der Waals surface area contributed by atoms with Crippen molar-refractivity contribution in [3.05, 3.63) is 18.7 Å². The Morgan fingerprint density at radius 3 is 2.74 bits per heavy atom. The first-order chi connectivity index (χ1) is 9.33. The Balaban J connectivity index is 1.87. The van der Waals surface area contributed by atoms with Gasteiger partial charge in [0, 0.05) is 45.2 Å². The highest BCUT2D eigenvalue weighted by atomic mass is 32.1. The summed E-state index contributed by atoms with van der Waals surface area (Å²) in [5.74, 6) is 0. The number of imidazole rings is 1. The van der Waals surface area contributed by atoms with Gasteiger partial charge in [-0.25, -0.2) is 4.98 Å². The predicted molar refractivity (Wildman–Crippen MR) is 81.2 cm³/mol. The molecule has 1 aromatic heterocycles. The standard InChI is InChI=1S/C13H24N4OS/c1-2-18-11-5-7-16-13(19)15-6-3-4-9-17-10-8-14-12-17/h8,10,12H,2-7,9,11H2,1H3,(H2,15,16,19). The first-order valence-electron chi connectivity index (χ1n) is 6.88. The highest BCUT2D eigenvalue weighted by Gasteiger charge is 1.95. The van der Waals surface area contributed by atoms with Crippen LogP contribution in [0.25, 0.3) is 0 Å². The highest BCUT2D eigenvalue weighted by molar-refractivity contribution is 7.80. The Hall–Kier alpha value is -1.14. The molecule has 1 heterocycles. The molecule has 0 saturated carbocycles. The van der Waals surface area contributed by atoms with Crippen molar-refractivity contribution in [3.63, 3.8) is 0 Å². The summed E-state index contributed by atoms with van der Waals surface area (Å²) in [7, 11) is 0. The lowest BCUT2D eigenvalue weighted by Gasteiger charge is -2.10. The topological polar surface area (TPSA) is 51.1 Å². The van der Waals surface area contributed by atoms with Crippen molar-refractivity contribution in [2.24, 2.45) is 0 Å². The van der Waals surface area contributed by atoms with Gasteiger partial charge in [-0.2, -0.15) is 0 Å². The minimum Gasteiger partial charge on any atom is -0.382 e. The van der Waals surface area contributed by atoms with E-state index in [1.807, 2.05) is 19.4 Å². The molecule has 1 rings (SSSR count). The zero-order valence-corrected chi connectivity index (χ0v) is 12.4. The summed E-state index contributed by atoms with van der Waals surface area (Å²) >= 11 is 5.18. The summed E-state index contributed by atoms with van der Waals surface area (Å²) < 4.78 is 7.34. The van der Waals surface area contributed by atoms with Gasteiger partial charge in [-0.1, -0.05) is 0 Å². The van der Waals surface area contributed by atoms with Gasteiger partial charge >= 0.3 is 0 Å². The van der Waals surface area contributed by atoms with Gasteiger partial charge in [-0.05, 0) is 38.4 Å². The third-order valence-corrected chi connectivity index (χ3v) is 2.93. The van der Waals surface area contributed by atoms with E-state index in [0.717, 1.165) is 57.2 Å².